The Balaban J connectivity index is 2.07. The van der Waals surface area contributed by atoms with Gasteiger partial charge in [0, 0.05) is 12.0 Å². The zero-order valence-electron chi connectivity index (χ0n) is 16.9. The van der Waals surface area contributed by atoms with Crippen molar-refractivity contribution in [2.45, 2.75) is 18.9 Å². The van der Waals surface area contributed by atoms with E-state index in [2.05, 4.69) is 10.1 Å². The molecule has 2 rings (SSSR count). The minimum atomic E-state index is -2.44. The van der Waals surface area contributed by atoms with Crippen LogP contribution in [0, 0.1) is 34.9 Å². The highest BCUT2D eigenvalue weighted by molar-refractivity contribution is 5.97. The number of nitrogens with one attached hydrogen (secondary N) is 2. The molecule has 0 spiro atoms. The number of hydrogen-bond acceptors (Lipinski definition) is 5. The molecule has 0 bridgehead atoms. The molecule has 0 saturated carbocycles. The van der Waals surface area contributed by atoms with Crippen molar-refractivity contribution in [1.29, 1.82) is 0 Å². The Bertz CT molecular complexity index is 1100. The molecule has 0 heterocycles. The van der Waals surface area contributed by atoms with Crippen molar-refractivity contribution >= 4 is 29.4 Å². The third-order valence-corrected chi connectivity index (χ3v) is 4.20. The van der Waals surface area contributed by atoms with E-state index in [1.54, 1.807) is 0 Å². The monoisotopic (exact) mass is 491 g/mol. The van der Waals surface area contributed by atoms with Crippen molar-refractivity contribution in [2.75, 3.05) is 11.9 Å². The van der Waals surface area contributed by atoms with Gasteiger partial charge in [0.25, 0.3) is 11.8 Å². The van der Waals surface area contributed by atoms with Crippen molar-refractivity contribution < 1.29 is 50.3 Å². The van der Waals surface area contributed by atoms with Crippen LogP contribution in [0.15, 0.2) is 24.3 Å². The molecule has 0 saturated heterocycles. The molecule has 0 aromatic heterocycles. The van der Waals surface area contributed by atoms with Gasteiger partial charge in [-0.25, -0.2) is 31.1 Å². The maximum Gasteiger partial charge on any atom is 0.329 e. The second-order valence-corrected chi connectivity index (χ2v) is 6.64. The minimum absolute atomic E-state index is 0.0673. The zero-order chi connectivity index (χ0) is 25.6. The van der Waals surface area contributed by atoms with Crippen molar-refractivity contribution in [3.05, 3.63) is 64.7 Å². The first-order valence-corrected chi connectivity index (χ1v) is 9.25. The standard InChI is InChI=1S/C20H15F6N3O5/c21-9-3-1-8(2-4-9)19(32)28-10(5-6-11(27)30)20(33)34-7-12(31)29-18-16(25)14(23)13(22)15(24)17(18)26/h1-4,10H,5-7H2,(H2,27,30)(H,28,32)(H,29,31)/t10-/m0/s1. The summed E-state index contributed by atoms with van der Waals surface area (Å²) < 4.78 is 84.4. The molecule has 182 valence electrons. The molecule has 14 heteroatoms. The maximum atomic E-state index is 13.6. The average Bonchev–Trinajstić information content (AvgIpc) is 2.80. The summed E-state index contributed by atoms with van der Waals surface area (Å²) in [6.45, 7) is -1.25. The molecular weight excluding hydrogens is 476 g/mol. The predicted octanol–water partition coefficient (Wildman–Crippen LogP) is 2.07. The molecule has 2 aromatic rings. The topological polar surface area (TPSA) is 128 Å². The van der Waals surface area contributed by atoms with Crippen LogP contribution in [0.5, 0.6) is 0 Å². The number of benzene rings is 2. The summed E-state index contributed by atoms with van der Waals surface area (Å²) in [4.78, 5) is 47.4. The van der Waals surface area contributed by atoms with Crippen LogP contribution in [0.1, 0.15) is 23.2 Å². The molecular formula is C20H15F6N3O5. The molecule has 0 fully saturated rings. The van der Waals surface area contributed by atoms with Gasteiger partial charge in [0.2, 0.25) is 11.7 Å². The quantitative estimate of drug-likeness (QED) is 0.214. The number of hydrogen-bond donors (Lipinski definition) is 3. The van der Waals surface area contributed by atoms with Gasteiger partial charge in [-0.2, -0.15) is 0 Å². The van der Waals surface area contributed by atoms with E-state index >= 15 is 0 Å². The first kappa shape index (κ1) is 26.2. The number of primary amides is 1. The van der Waals surface area contributed by atoms with E-state index in [1.807, 2.05) is 0 Å². The van der Waals surface area contributed by atoms with Crippen LogP contribution in [0.2, 0.25) is 0 Å². The lowest BCUT2D eigenvalue weighted by Gasteiger charge is -2.17. The van der Waals surface area contributed by atoms with E-state index in [-0.39, 0.29) is 12.0 Å². The summed E-state index contributed by atoms with van der Waals surface area (Å²) in [6.07, 6.45) is -0.777. The Morgan fingerprint density at radius 2 is 1.38 bits per heavy atom. The van der Waals surface area contributed by atoms with Gasteiger partial charge >= 0.3 is 5.97 Å². The van der Waals surface area contributed by atoms with Gasteiger partial charge in [0.05, 0.1) is 0 Å². The summed E-state index contributed by atoms with van der Waals surface area (Å²) in [5, 5.41) is 3.58. The van der Waals surface area contributed by atoms with E-state index < -0.39 is 83.4 Å². The predicted molar refractivity (Wildman–Crippen MR) is 102 cm³/mol. The van der Waals surface area contributed by atoms with Crippen LogP contribution < -0.4 is 16.4 Å². The van der Waals surface area contributed by atoms with Crippen LogP contribution in [0.3, 0.4) is 0 Å². The summed E-state index contributed by atoms with van der Waals surface area (Å²) in [7, 11) is 0. The van der Waals surface area contributed by atoms with Gasteiger partial charge in [0.15, 0.2) is 29.9 Å². The van der Waals surface area contributed by atoms with Gasteiger partial charge in [-0.05, 0) is 30.7 Å². The summed E-state index contributed by atoms with van der Waals surface area (Å²) >= 11 is 0. The Hall–Kier alpha value is -4.10. The molecule has 3 amide bonds. The Morgan fingerprint density at radius 1 is 0.853 bits per heavy atom. The molecule has 0 aliphatic carbocycles. The molecule has 1 atom stereocenters. The van der Waals surface area contributed by atoms with Crippen molar-refractivity contribution in [3.63, 3.8) is 0 Å². The highest BCUT2D eigenvalue weighted by Crippen LogP contribution is 2.27. The molecule has 0 radical (unpaired) electrons. The van der Waals surface area contributed by atoms with Gasteiger partial charge in [0.1, 0.15) is 17.5 Å². The smallest absolute Gasteiger partial charge is 0.329 e. The molecule has 8 nitrogen and oxygen atoms in total. The van der Waals surface area contributed by atoms with Crippen LogP contribution in [0.25, 0.3) is 0 Å². The molecule has 0 aliphatic heterocycles. The molecule has 34 heavy (non-hydrogen) atoms. The lowest BCUT2D eigenvalue weighted by Crippen LogP contribution is -2.43. The highest BCUT2D eigenvalue weighted by atomic mass is 19.2. The van der Waals surface area contributed by atoms with Gasteiger partial charge in [-0.1, -0.05) is 0 Å². The number of carbonyl (C=O) groups is 4. The van der Waals surface area contributed by atoms with Crippen molar-refractivity contribution in [2.24, 2.45) is 5.73 Å². The summed E-state index contributed by atoms with van der Waals surface area (Å²) in [6, 6.07) is 2.59. The second kappa shape index (κ2) is 11.2. The van der Waals surface area contributed by atoms with Crippen LogP contribution in [-0.4, -0.2) is 36.3 Å². The summed E-state index contributed by atoms with van der Waals surface area (Å²) in [5.41, 5.74) is 3.28. The first-order chi connectivity index (χ1) is 15.9. The van der Waals surface area contributed by atoms with Gasteiger partial charge < -0.3 is 21.1 Å². The number of esters is 1. The fraction of sp³-hybridized carbons (Fsp3) is 0.200. The largest absolute Gasteiger partial charge is 0.454 e. The number of carbonyl (C=O) groups excluding carboxylic acids is 4. The number of rotatable bonds is 9. The van der Waals surface area contributed by atoms with E-state index in [9.17, 15) is 45.5 Å². The van der Waals surface area contributed by atoms with Gasteiger partial charge in [-0.3, -0.25) is 14.4 Å². The Kier molecular flexibility index (Phi) is 8.58. The van der Waals surface area contributed by atoms with E-state index in [1.165, 1.54) is 5.32 Å². The lowest BCUT2D eigenvalue weighted by atomic mass is 10.1. The van der Waals surface area contributed by atoms with Crippen LogP contribution >= 0.6 is 0 Å². The number of ether oxygens (including phenoxy) is 1. The Morgan fingerprint density at radius 3 is 1.91 bits per heavy atom. The third-order valence-electron chi connectivity index (χ3n) is 4.20. The first-order valence-electron chi connectivity index (χ1n) is 9.25. The number of nitrogens with two attached hydrogens (primary N) is 1. The number of amides is 3. The molecule has 0 aliphatic rings. The number of halogens is 6. The van der Waals surface area contributed by atoms with E-state index in [4.69, 9.17) is 5.73 Å². The van der Waals surface area contributed by atoms with Crippen LogP contribution in [-0.2, 0) is 19.1 Å². The summed E-state index contributed by atoms with van der Waals surface area (Å²) in [5.74, 6) is -16.8. The van der Waals surface area contributed by atoms with E-state index in [0.29, 0.717) is 0 Å². The molecule has 4 N–H and O–H groups in total. The minimum Gasteiger partial charge on any atom is -0.454 e. The van der Waals surface area contributed by atoms with Crippen LogP contribution in [0.4, 0.5) is 32.0 Å². The number of anilines is 1. The SMILES string of the molecule is NC(=O)CC[C@H](NC(=O)c1ccc(F)cc1)C(=O)OCC(=O)Nc1c(F)c(F)c(F)c(F)c1F. The lowest BCUT2D eigenvalue weighted by molar-refractivity contribution is -0.149. The molecule has 0 unspecified atom stereocenters. The third kappa shape index (κ3) is 6.46. The zero-order valence-corrected chi connectivity index (χ0v) is 16.9. The molecule has 2 aromatic carbocycles. The van der Waals surface area contributed by atoms with Gasteiger partial charge in [-0.15, -0.1) is 0 Å². The average molecular weight is 491 g/mol. The van der Waals surface area contributed by atoms with Crippen molar-refractivity contribution in [3.8, 4) is 0 Å². The highest BCUT2D eigenvalue weighted by Gasteiger charge is 2.28. The maximum absolute atomic E-state index is 13.6. The fourth-order valence-electron chi connectivity index (χ4n) is 2.51. The van der Waals surface area contributed by atoms with Crippen molar-refractivity contribution in [1.82, 2.24) is 5.32 Å². The second-order valence-electron chi connectivity index (χ2n) is 6.64. The van der Waals surface area contributed by atoms with E-state index in [0.717, 1.165) is 24.3 Å². The normalized spacial score (nSPS) is 11.5. The fourth-order valence-corrected chi connectivity index (χ4v) is 2.51. The Labute approximate surface area is 187 Å².